The number of benzene rings is 1. The van der Waals surface area contributed by atoms with Gasteiger partial charge in [-0.25, -0.2) is 4.98 Å². The highest BCUT2D eigenvalue weighted by Crippen LogP contribution is 2.24. The van der Waals surface area contributed by atoms with E-state index in [0.29, 0.717) is 44.7 Å². The molecule has 0 fully saturated rings. The maximum atomic E-state index is 12.9. The van der Waals surface area contributed by atoms with Gasteiger partial charge in [0.05, 0.1) is 22.2 Å². The summed E-state index contributed by atoms with van der Waals surface area (Å²) in [6, 6.07) is 9.19. The predicted octanol–water partition coefficient (Wildman–Crippen LogP) is 2.83. The van der Waals surface area contributed by atoms with Crippen LogP contribution >= 0.6 is 23.1 Å². The number of allylic oxidation sites excluding steroid dienone is 1. The van der Waals surface area contributed by atoms with Gasteiger partial charge in [0, 0.05) is 13.6 Å². The van der Waals surface area contributed by atoms with Crippen molar-refractivity contribution in [3.8, 4) is 0 Å². The van der Waals surface area contributed by atoms with Gasteiger partial charge in [0.2, 0.25) is 5.78 Å². The quantitative estimate of drug-likeness (QED) is 0.239. The minimum Gasteiger partial charge on any atom is -0.283 e. The van der Waals surface area contributed by atoms with Crippen molar-refractivity contribution >= 4 is 50.0 Å². The van der Waals surface area contributed by atoms with E-state index in [1.54, 1.807) is 23.8 Å². The largest absolute Gasteiger partial charge is 0.283 e. The summed E-state index contributed by atoms with van der Waals surface area (Å²) in [5, 5.41) is 11.6. The number of aryl methyl sites for hydroxylation is 1. The van der Waals surface area contributed by atoms with Gasteiger partial charge in [0.1, 0.15) is 10.5 Å². The van der Waals surface area contributed by atoms with E-state index in [2.05, 4.69) is 21.8 Å². The molecule has 8 nitrogen and oxygen atoms in total. The van der Waals surface area contributed by atoms with Crippen LogP contribution in [0.25, 0.3) is 26.9 Å². The Balaban J connectivity index is 1.62. The zero-order chi connectivity index (χ0) is 20.8. The lowest BCUT2D eigenvalue weighted by Crippen LogP contribution is -2.22. The zero-order valence-electron chi connectivity index (χ0n) is 16.0. The van der Waals surface area contributed by atoms with Crippen LogP contribution in [-0.2, 0) is 19.3 Å². The Morgan fingerprint density at radius 2 is 2.00 bits per heavy atom. The minimum absolute atomic E-state index is 0.0879. The lowest BCUT2D eigenvalue weighted by Gasteiger charge is -2.11. The van der Waals surface area contributed by atoms with E-state index < -0.39 is 0 Å². The predicted molar refractivity (Wildman–Crippen MR) is 119 cm³/mol. The molecule has 0 radical (unpaired) electrons. The summed E-state index contributed by atoms with van der Waals surface area (Å²) < 4.78 is 5.65. The normalized spacial score (nSPS) is 11.6. The third kappa shape index (κ3) is 2.79. The number of thiophene rings is 1. The molecule has 0 aliphatic rings. The highest BCUT2D eigenvalue weighted by Gasteiger charge is 2.17. The molecule has 0 bridgehead atoms. The van der Waals surface area contributed by atoms with Crippen LogP contribution in [0.3, 0.4) is 0 Å². The first kappa shape index (κ1) is 18.8. The Labute approximate surface area is 178 Å². The van der Waals surface area contributed by atoms with Crippen LogP contribution < -0.4 is 11.1 Å². The Bertz CT molecular complexity index is 1560. The molecule has 0 saturated heterocycles. The van der Waals surface area contributed by atoms with Crippen molar-refractivity contribution in [3.63, 3.8) is 0 Å². The van der Waals surface area contributed by atoms with E-state index in [0.717, 1.165) is 5.52 Å². The molecule has 0 aliphatic heterocycles. The molecule has 0 unspecified atom stereocenters. The molecular formula is C20H16N6O2S2. The lowest BCUT2D eigenvalue weighted by atomic mass is 10.2. The van der Waals surface area contributed by atoms with Crippen LogP contribution in [0.4, 0.5) is 0 Å². The van der Waals surface area contributed by atoms with Gasteiger partial charge in [-0.2, -0.15) is 0 Å². The molecule has 150 valence electrons. The molecule has 1 aromatic carbocycles. The van der Waals surface area contributed by atoms with Crippen molar-refractivity contribution in [2.24, 2.45) is 7.05 Å². The number of nitrogens with zero attached hydrogens (tertiary/aromatic N) is 6. The van der Waals surface area contributed by atoms with E-state index in [4.69, 9.17) is 0 Å². The number of hydrogen-bond acceptors (Lipinski definition) is 7. The maximum absolute atomic E-state index is 12.9. The van der Waals surface area contributed by atoms with Crippen LogP contribution in [0.15, 0.2) is 63.1 Å². The van der Waals surface area contributed by atoms with Gasteiger partial charge in [-0.3, -0.25) is 23.1 Å². The molecule has 10 heteroatoms. The summed E-state index contributed by atoms with van der Waals surface area (Å²) in [6.45, 7) is 4.12. The summed E-state index contributed by atoms with van der Waals surface area (Å²) in [5.74, 6) is 1.60. The van der Waals surface area contributed by atoms with Gasteiger partial charge in [0.15, 0.2) is 5.16 Å². The van der Waals surface area contributed by atoms with Crippen LogP contribution in [0.2, 0.25) is 0 Å². The molecule has 5 rings (SSSR count). The van der Waals surface area contributed by atoms with Gasteiger partial charge in [0.25, 0.3) is 11.1 Å². The first-order valence-electron chi connectivity index (χ1n) is 9.13. The fourth-order valence-corrected chi connectivity index (χ4v) is 5.20. The molecule has 0 N–H and O–H groups in total. The Kier molecular flexibility index (Phi) is 4.52. The first-order valence-corrected chi connectivity index (χ1v) is 11.0. The molecule has 0 spiro atoms. The van der Waals surface area contributed by atoms with E-state index in [1.165, 1.54) is 27.7 Å². The number of hydrogen-bond donors (Lipinski definition) is 0. The van der Waals surface area contributed by atoms with E-state index in [9.17, 15) is 9.59 Å². The van der Waals surface area contributed by atoms with Crippen molar-refractivity contribution in [2.45, 2.75) is 17.5 Å². The van der Waals surface area contributed by atoms with E-state index in [-0.39, 0.29) is 11.1 Å². The second-order valence-corrected chi connectivity index (χ2v) is 8.51. The molecule has 4 aromatic heterocycles. The van der Waals surface area contributed by atoms with Crippen LogP contribution in [0, 0.1) is 0 Å². The highest BCUT2D eigenvalue weighted by atomic mass is 32.2. The van der Waals surface area contributed by atoms with Crippen molar-refractivity contribution in [1.82, 2.24) is 28.7 Å². The minimum atomic E-state index is -0.100. The number of aromatic nitrogens is 6. The van der Waals surface area contributed by atoms with Gasteiger partial charge in [-0.15, -0.1) is 28.1 Å². The van der Waals surface area contributed by atoms with Crippen molar-refractivity contribution in [2.75, 3.05) is 0 Å². The third-order valence-electron chi connectivity index (χ3n) is 4.87. The average Bonchev–Trinajstić information content (AvgIpc) is 3.40. The second kappa shape index (κ2) is 7.22. The van der Waals surface area contributed by atoms with E-state index in [1.807, 2.05) is 34.0 Å². The SMILES string of the molecule is C=CCn1c(SCc2nnc3n(C)c(=O)c4sccc4n23)nc2ccccc2c1=O. The fourth-order valence-electron chi connectivity index (χ4n) is 3.42. The summed E-state index contributed by atoms with van der Waals surface area (Å²) >= 11 is 2.80. The van der Waals surface area contributed by atoms with Gasteiger partial charge in [-0.1, -0.05) is 30.0 Å². The number of thioether (sulfide) groups is 1. The standard InChI is InChI=1S/C20H16N6O2S2/c1-3-9-25-17(27)12-6-4-5-7-13(12)21-20(25)30-11-15-22-23-19-24(2)18(28)16-14(26(15)19)8-10-29-16/h3-8,10H,1,9,11H2,2H3. The van der Waals surface area contributed by atoms with Crippen molar-refractivity contribution in [3.05, 3.63) is 74.9 Å². The maximum Gasteiger partial charge on any atom is 0.272 e. The molecule has 0 amide bonds. The number of fused-ring (bicyclic) bond motifs is 4. The third-order valence-corrected chi connectivity index (χ3v) is 6.73. The fraction of sp³-hybridized carbons (Fsp3) is 0.150. The van der Waals surface area contributed by atoms with Crippen LogP contribution in [-0.4, -0.2) is 28.7 Å². The Morgan fingerprint density at radius 3 is 2.83 bits per heavy atom. The highest BCUT2D eigenvalue weighted by molar-refractivity contribution is 7.98. The van der Waals surface area contributed by atoms with Gasteiger partial charge in [-0.05, 0) is 23.6 Å². The Hall–Kier alpha value is -3.24. The summed E-state index contributed by atoms with van der Waals surface area (Å²) in [4.78, 5) is 30.1. The van der Waals surface area contributed by atoms with Crippen molar-refractivity contribution < 1.29 is 0 Å². The molecule has 0 atom stereocenters. The monoisotopic (exact) mass is 436 g/mol. The molecule has 30 heavy (non-hydrogen) atoms. The van der Waals surface area contributed by atoms with Gasteiger partial charge >= 0.3 is 0 Å². The summed E-state index contributed by atoms with van der Waals surface area (Å²) in [6.07, 6.45) is 1.68. The first-order chi connectivity index (χ1) is 14.6. The van der Waals surface area contributed by atoms with E-state index >= 15 is 0 Å². The van der Waals surface area contributed by atoms with Gasteiger partial charge < -0.3 is 0 Å². The molecule has 0 aliphatic carbocycles. The van der Waals surface area contributed by atoms with Crippen LogP contribution in [0.5, 0.6) is 0 Å². The topological polar surface area (TPSA) is 87.1 Å². The lowest BCUT2D eigenvalue weighted by molar-refractivity contribution is 0.671. The molecule has 4 heterocycles. The summed E-state index contributed by atoms with van der Waals surface area (Å²) in [7, 11) is 1.69. The van der Waals surface area contributed by atoms with Crippen molar-refractivity contribution in [1.29, 1.82) is 0 Å². The number of para-hydroxylation sites is 1. The summed E-state index contributed by atoms with van der Waals surface area (Å²) in [5.41, 5.74) is 1.25. The number of rotatable bonds is 5. The smallest absolute Gasteiger partial charge is 0.272 e. The second-order valence-electron chi connectivity index (χ2n) is 6.66. The molecular weight excluding hydrogens is 420 g/mol. The Morgan fingerprint density at radius 1 is 1.17 bits per heavy atom. The molecule has 5 aromatic rings. The molecule has 0 saturated carbocycles. The van der Waals surface area contributed by atoms with Crippen LogP contribution in [0.1, 0.15) is 5.82 Å². The zero-order valence-corrected chi connectivity index (χ0v) is 17.6. The average molecular weight is 437 g/mol.